The minimum atomic E-state index is 0.597. The highest BCUT2D eigenvalue weighted by atomic mass is 32.1. The first-order chi connectivity index (χ1) is 7.63. The van der Waals surface area contributed by atoms with Crippen LogP contribution in [-0.2, 0) is 6.54 Å². The highest BCUT2D eigenvalue weighted by molar-refractivity contribution is 7.80. The molecule has 1 aromatic heterocycles. The van der Waals surface area contributed by atoms with Crippen LogP contribution in [0.4, 0.5) is 0 Å². The largest absolute Gasteiger partial charge is 0.467 e. The topological polar surface area (TPSA) is 28.4 Å². The Kier molecular flexibility index (Phi) is 5.32. The van der Waals surface area contributed by atoms with Crippen LogP contribution in [0, 0.1) is 5.92 Å². The van der Waals surface area contributed by atoms with Gasteiger partial charge in [-0.1, -0.05) is 13.8 Å². The second-order valence-electron chi connectivity index (χ2n) is 4.17. The van der Waals surface area contributed by atoms with E-state index in [9.17, 15) is 0 Å². The fourth-order valence-corrected chi connectivity index (χ4v) is 1.60. The zero-order valence-electron chi connectivity index (χ0n) is 10.2. The van der Waals surface area contributed by atoms with Gasteiger partial charge in [-0.05, 0) is 37.2 Å². The van der Waals surface area contributed by atoms with Crippen molar-refractivity contribution in [2.75, 3.05) is 13.1 Å². The molecule has 0 aromatic carbocycles. The number of hydrogen-bond donors (Lipinski definition) is 1. The summed E-state index contributed by atoms with van der Waals surface area (Å²) in [5, 5.41) is 4.06. The molecule has 4 heteroatoms. The molecule has 1 rings (SSSR count). The summed E-state index contributed by atoms with van der Waals surface area (Å²) >= 11 is 5.34. The zero-order valence-corrected chi connectivity index (χ0v) is 11.0. The summed E-state index contributed by atoms with van der Waals surface area (Å²) in [6.45, 7) is 8.94. The molecule has 0 aliphatic heterocycles. The predicted octanol–water partition coefficient (Wildman–Crippen LogP) is 2.63. The van der Waals surface area contributed by atoms with Gasteiger partial charge in [-0.3, -0.25) is 0 Å². The Morgan fingerprint density at radius 3 is 2.81 bits per heavy atom. The summed E-state index contributed by atoms with van der Waals surface area (Å²) in [6.07, 6.45) is 1.69. The van der Waals surface area contributed by atoms with E-state index in [2.05, 4.69) is 31.0 Å². The van der Waals surface area contributed by atoms with Crippen molar-refractivity contribution in [1.29, 1.82) is 0 Å². The van der Waals surface area contributed by atoms with Gasteiger partial charge in [0.15, 0.2) is 5.11 Å². The molecule has 1 N–H and O–H groups in total. The molecule has 0 amide bonds. The molecule has 0 unspecified atom stereocenters. The fraction of sp³-hybridized carbons (Fsp3) is 0.583. The summed E-state index contributed by atoms with van der Waals surface area (Å²) < 4.78 is 5.31. The lowest BCUT2D eigenvalue weighted by Crippen LogP contribution is -2.40. The fourth-order valence-electron chi connectivity index (χ4n) is 1.32. The summed E-state index contributed by atoms with van der Waals surface area (Å²) in [7, 11) is 0. The van der Waals surface area contributed by atoms with Crippen LogP contribution in [0.3, 0.4) is 0 Å². The van der Waals surface area contributed by atoms with Crippen LogP contribution >= 0.6 is 12.2 Å². The van der Waals surface area contributed by atoms with Gasteiger partial charge >= 0.3 is 0 Å². The minimum Gasteiger partial charge on any atom is -0.467 e. The van der Waals surface area contributed by atoms with E-state index >= 15 is 0 Å². The van der Waals surface area contributed by atoms with Crippen molar-refractivity contribution < 1.29 is 4.42 Å². The normalized spacial score (nSPS) is 10.5. The van der Waals surface area contributed by atoms with Crippen molar-refractivity contribution in [3.8, 4) is 0 Å². The first-order valence-corrected chi connectivity index (χ1v) is 6.09. The SMILES string of the molecule is CCN(Cc1ccco1)C(=S)NCC(C)C. The van der Waals surface area contributed by atoms with E-state index in [4.69, 9.17) is 16.6 Å². The number of nitrogens with one attached hydrogen (secondary N) is 1. The summed E-state index contributed by atoms with van der Waals surface area (Å²) in [5.41, 5.74) is 0. The van der Waals surface area contributed by atoms with E-state index in [0.717, 1.165) is 30.5 Å². The summed E-state index contributed by atoms with van der Waals surface area (Å²) in [5.74, 6) is 1.54. The number of thiocarbonyl (C=S) groups is 1. The van der Waals surface area contributed by atoms with Crippen LogP contribution in [0.2, 0.25) is 0 Å². The first kappa shape index (κ1) is 13.0. The second kappa shape index (κ2) is 6.53. The van der Waals surface area contributed by atoms with Crippen LogP contribution in [0.25, 0.3) is 0 Å². The van der Waals surface area contributed by atoms with Gasteiger partial charge in [0.25, 0.3) is 0 Å². The second-order valence-corrected chi connectivity index (χ2v) is 4.56. The molecule has 90 valence electrons. The third-order valence-corrected chi connectivity index (χ3v) is 2.66. The van der Waals surface area contributed by atoms with Crippen molar-refractivity contribution in [2.24, 2.45) is 5.92 Å². The number of hydrogen-bond acceptors (Lipinski definition) is 2. The zero-order chi connectivity index (χ0) is 12.0. The van der Waals surface area contributed by atoms with Crippen LogP contribution in [0.1, 0.15) is 26.5 Å². The molecule has 0 saturated heterocycles. The maximum Gasteiger partial charge on any atom is 0.169 e. The Hall–Kier alpha value is -1.03. The van der Waals surface area contributed by atoms with Gasteiger partial charge in [0, 0.05) is 13.1 Å². The predicted molar refractivity (Wildman–Crippen MR) is 70.2 cm³/mol. The molecule has 0 fully saturated rings. The molecule has 0 radical (unpaired) electrons. The van der Waals surface area contributed by atoms with Gasteiger partial charge in [0.2, 0.25) is 0 Å². The lowest BCUT2D eigenvalue weighted by Gasteiger charge is -2.24. The van der Waals surface area contributed by atoms with Gasteiger partial charge < -0.3 is 14.6 Å². The molecule has 0 spiro atoms. The number of rotatable bonds is 5. The lowest BCUT2D eigenvalue weighted by atomic mass is 10.2. The van der Waals surface area contributed by atoms with Crippen LogP contribution in [0.15, 0.2) is 22.8 Å². The Balaban J connectivity index is 2.44. The molecule has 0 aliphatic carbocycles. The van der Waals surface area contributed by atoms with Gasteiger partial charge in [-0.25, -0.2) is 0 Å². The quantitative estimate of drug-likeness (QED) is 0.801. The molecule has 1 aromatic rings. The van der Waals surface area contributed by atoms with E-state index in [0.29, 0.717) is 5.92 Å². The van der Waals surface area contributed by atoms with Crippen molar-refractivity contribution in [2.45, 2.75) is 27.3 Å². The standard InChI is InChI=1S/C12H20N2OS/c1-4-14(9-11-6-5-7-15-11)12(16)13-8-10(2)3/h5-7,10H,4,8-9H2,1-3H3,(H,13,16). The highest BCUT2D eigenvalue weighted by Crippen LogP contribution is 2.05. The third kappa shape index (κ3) is 4.23. The summed E-state index contributed by atoms with van der Waals surface area (Å²) in [4.78, 5) is 2.09. The third-order valence-electron chi connectivity index (χ3n) is 2.26. The van der Waals surface area contributed by atoms with Gasteiger partial charge in [-0.15, -0.1) is 0 Å². The molecular formula is C12H20N2OS. The smallest absolute Gasteiger partial charge is 0.169 e. The molecule has 0 saturated carbocycles. The van der Waals surface area contributed by atoms with Crippen molar-refractivity contribution in [3.05, 3.63) is 24.2 Å². The molecule has 0 aliphatic rings. The monoisotopic (exact) mass is 240 g/mol. The molecule has 0 atom stereocenters. The van der Waals surface area contributed by atoms with Crippen LogP contribution in [0.5, 0.6) is 0 Å². The van der Waals surface area contributed by atoms with Crippen molar-refractivity contribution in [1.82, 2.24) is 10.2 Å². The lowest BCUT2D eigenvalue weighted by molar-refractivity contribution is 0.369. The van der Waals surface area contributed by atoms with Crippen LogP contribution < -0.4 is 5.32 Å². The van der Waals surface area contributed by atoms with Gasteiger partial charge in [-0.2, -0.15) is 0 Å². The average Bonchev–Trinajstić information content (AvgIpc) is 2.75. The average molecular weight is 240 g/mol. The molecule has 1 heterocycles. The maximum absolute atomic E-state index is 5.34. The van der Waals surface area contributed by atoms with Gasteiger partial charge in [0.1, 0.15) is 5.76 Å². The molecule has 3 nitrogen and oxygen atoms in total. The Morgan fingerprint density at radius 1 is 1.56 bits per heavy atom. The summed E-state index contributed by atoms with van der Waals surface area (Å²) in [6, 6.07) is 3.86. The minimum absolute atomic E-state index is 0.597. The number of nitrogens with zero attached hydrogens (tertiary/aromatic N) is 1. The van der Waals surface area contributed by atoms with E-state index in [1.165, 1.54) is 0 Å². The molecular weight excluding hydrogens is 220 g/mol. The Bertz CT molecular complexity index is 309. The Morgan fingerprint density at radius 2 is 2.31 bits per heavy atom. The molecule has 16 heavy (non-hydrogen) atoms. The highest BCUT2D eigenvalue weighted by Gasteiger charge is 2.09. The maximum atomic E-state index is 5.34. The van der Waals surface area contributed by atoms with Gasteiger partial charge in [0.05, 0.1) is 12.8 Å². The van der Waals surface area contributed by atoms with Crippen molar-refractivity contribution >= 4 is 17.3 Å². The Labute approximate surface area is 103 Å². The van der Waals surface area contributed by atoms with E-state index in [1.54, 1.807) is 6.26 Å². The van der Waals surface area contributed by atoms with Crippen LogP contribution in [-0.4, -0.2) is 23.1 Å². The van der Waals surface area contributed by atoms with E-state index in [1.807, 2.05) is 12.1 Å². The molecule has 0 bridgehead atoms. The van der Waals surface area contributed by atoms with E-state index < -0.39 is 0 Å². The van der Waals surface area contributed by atoms with Crippen molar-refractivity contribution in [3.63, 3.8) is 0 Å². The number of furan rings is 1. The first-order valence-electron chi connectivity index (χ1n) is 5.68. The van der Waals surface area contributed by atoms with E-state index in [-0.39, 0.29) is 0 Å².